The molecule has 0 fully saturated rings. The summed E-state index contributed by atoms with van der Waals surface area (Å²) in [7, 11) is 0. The van der Waals surface area contributed by atoms with Crippen LogP contribution in [-0.2, 0) is 22.5 Å². The smallest absolute Gasteiger partial charge is 0.307 e. The van der Waals surface area contributed by atoms with Crippen LogP contribution >= 0.6 is 0 Å². The first-order valence-corrected chi connectivity index (χ1v) is 9.13. The summed E-state index contributed by atoms with van der Waals surface area (Å²) >= 11 is 0. The molecule has 144 valence electrons. The molecule has 1 aromatic carbocycles. The summed E-state index contributed by atoms with van der Waals surface area (Å²) in [6.07, 6.45) is 1.02. The third-order valence-electron chi connectivity index (χ3n) is 4.40. The zero-order valence-electron chi connectivity index (χ0n) is 16.0. The number of aromatic hydroxyl groups is 1. The van der Waals surface area contributed by atoms with Gasteiger partial charge in [-0.25, -0.2) is 9.37 Å². The molecule has 0 saturated heterocycles. The predicted octanol–water partition coefficient (Wildman–Crippen LogP) is 3.68. The van der Waals surface area contributed by atoms with Gasteiger partial charge in [0.25, 0.3) is 0 Å². The minimum atomic E-state index is -0.483. The SMILES string of the molecule is CC(C)(C)OC(=O)CCN1CCc2nc(-c3ccc(O)cc3)c(F)cc2C1. The number of rotatable bonds is 4. The van der Waals surface area contributed by atoms with Crippen molar-refractivity contribution < 1.29 is 19.0 Å². The molecular weight excluding hydrogens is 347 g/mol. The molecule has 1 aliphatic heterocycles. The summed E-state index contributed by atoms with van der Waals surface area (Å²) in [5, 5.41) is 9.39. The third-order valence-corrected chi connectivity index (χ3v) is 4.40. The van der Waals surface area contributed by atoms with E-state index in [0.29, 0.717) is 37.2 Å². The lowest BCUT2D eigenvalue weighted by Crippen LogP contribution is -2.34. The van der Waals surface area contributed by atoms with Gasteiger partial charge >= 0.3 is 5.97 Å². The van der Waals surface area contributed by atoms with Crippen LogP contribution in [0, 0.1) is 5.82 Å². The Labute approximate surface area is 158 Å². The van der Waals surface area contributed by atoms with E-state index in [1.54, 1.807) is 12.1 Å². The van der Waals surface area contributed by atoms with Crippen molar-refractivity contribution >= 4 is 5.97 Å². The molecule has 2 heterocycles. The second-order valence-electron chi connectivity index (χ2n) is 7.83. The van der Waals surface area contributed by atoms with E-state index in [0.717, 1.165) is 17.8 Å². The largest absolute Gasteiger partial charge is 0.508 e. The number of fused-ring (bicyclic) bond motifs is 1. The number of halogens is 1. The summed E-state index contributed by atoms with van der Waals surface area (Å²) < 4.78 is 19.9. The summed E-state index contributed by atoms with van der Waals surface area (Å²) in [5.41, 5.74) is 2.19. The van der Waals surface area contributed by atoms with Crippen molar-refractivity contribution in [2.45, 2.75) is 45.8 Å². The maximum absolute atomic E-state index is 14.6. The van der Waals surface area contributed by atoms with E-state index in [-0.39, 0.29) is 17.5 Å². The van der Waals surface area contributed by atoms with Crippen molar-refractivity contribution in [2.75, 3.05) is 13.1 Å². The Hall–Kier alpha value is -2.47. The van der Waals surface area contributed by atoms with Crippen molar-refractivity contribution in [3.63, 3.8) is 0 Å². The second-order valence-corrected chi connectivity index (χ2v) is 7.83. The zero-order valence-corrected chi connectivity index (χ0v) is 16.0. The van der Waals surface area contributed by atoms with Crippen molar-refractivity contribution in [3.05, 3.63) is 47.4 Å². The molecule has 0 atom stereocenters. The van der Waals surface area contributed by atoms with Crippen molar-refractivity contribution in [2.24, 2.45) is 0 Å². The second kappa shape index (κ2) is 7.64. The Bertz CT molecular complexity index is 829. The van der Waals surface area contributed by atoms with E-state index >= 15 is 0 Å². The monoisotopic (exact) mass is 372 g/mol. The maximum Gasteiger partial charge on any atom is 0.307 e. The first-order valence-electron chi connectivity index (χ1n) is 9.13. The molecule has 6 heteroatoms. The molecule has 0 amide bonds. The number of carbonyl (C=O) groups excluding carboxylic acids is 1. The number of benzene rings is 1. The van der Waals surface area contributed by atoms with Crippen LogP contribution in [0.1, 0.15) is 38.4 Å². The summed E-state index contributed by atoms with van der Waals surface area (Å²) in [6, 6.07) is 7.89. The zero-order chi connectivity index (χ0) is 19.6. The van der Waals surface area contributed by atoms with Crippen LogP contribution in [0.4, 0.5) is 4.39 Å². The highest BCUT2D eigenvalue weighted by atomic mass is 19.1. The van der Waals surface area contributed by atoms with Gasteiger partial charge in [-0.05, 0) is 56.7 Å². The lowest BCUT2D eigenvalue weighted by molar-refractivity contribution is -0.155. The number of pyridine rings is 1. The number of phenolic OH excluding ortho intramolecular Hbond substituents is 1. The van der Waals surface area contributed by atoms with Crippen molar-refractivity contribution in [1.82, 2.24) is 9.88 Å². The van der Waals surface area contributed by atoms with Gasteiger partial charge in [0.2, 0.25) is 0 Å². The van der Waals surface area contributed by atoms with Gasteiger partial charge in [-0.3, -0.25) is 9.69 Å². The first-order chi connectivity index (χ1) is 12.7. The molecular formula is C21H25FN2O3. The van der Waals surface area contributed by atoms with E-state index in [2.05, 4.69) is 9.88 Å². The molecule has 27 heavy (non-hydrogen) atoms. The van der Waals surface area contributed by atoms with Crippen LogP contribution < -0.4 is 0 Å². The Morgan fingerprint density at radius 2 is 2.00 bits per heavy atom. The van der Waals surface area contributed by atoms with Gasteiger partial charge in [-0.15, -0.1) is 0 Å². The number of aromatic nitrogens is 1. The van der Waals surface area contributed by atoms with Crippen molar-refractivity contribution in [3.8, 4) is 17.0 Å². The number of carbonyl (C=O) groups is 1. The highest BCUT2D eigenvalue weighted by molar-refractivity contribution is 5.70. The highest BCUT2D eigenvalue weighted by Crippen LogP contribution is 2.27. The Morgan fingerprint density at radius 1 is 1.30 bits per heavy atom. The van der Waals surface area contributed by atoms with Gasteiger partial charge in [-0.1, -0.05) is 0 Å². The molecule has 1 aromatic heterocycles. The van der Waals surface area contributed by atoms with Gasteiger partial charge in [0.05, 0.1) is 6.42 Å². The van der Waals surface area contributed by atoms with Gasteiger partial charge in [-0.2, -0.15) is 0 Å². The van der Waals surface area contributed by atoms with Gasteiger partial charge in [0.1, 0.15) is 22.9 Å². The fraction of sp³-hybridized carbons (Fsp3) is 0.429. The topological polar surface area (TPSA) is 62.7 Å². The molecule has 0 spiro atoms. The molecule has 2 aromatic rings. The lowest BCUT2D eigenvalue weighted by Gasteiger charge is -2.28. The molecule has 0 unspecified atom stereocenters. The molecule has 1 aliphatic rings. The van der Waals surface area contributed by atoms with Gasteiger partial charge < -0.3 is 9.84 Å². The molecule has 5 nitrogen and oxygen atoms in total. The van der Waals surface area contributed by atoms with Crippen LogP contribution in [0.3, 0.4) is 0 Å². The van der Waals surface area contributed by atoms with E-state index in [1.807, 2.05) is 20.8 Å². The fourth-order valence-electron chi connectivity index (χ4n) is 3.16. The summed E-state index contributed by atoms with van der Waals surface area (Å²) in [5.74, 6) is -0.466. The lowest BCUT2D eigenvalue weighted by atomic mass is 10.0. The number of nitrogens with zero attached hydrogens (tertiary/aromatic N) is 2. The fourth-order valence-corrected chi connectivity index (χ4v) is 3.16. The number of hydrogen-bond donors (Lipinski definition) is 1. The van der Waals surface area contributed by atoms with Crippen LogP contribution in [0.2, 0.25) is 0 Å². The molecule has 0 saturated carbocycles. The van der Waals surface area contributed by atoms with Crippen LogP contribution in [-0.4, -0.2) is 39.7 Å². The Balaban J connectivity index is 1.67. The molecule has 1 N–H and O–H groups in total. The number of hydrogen-bond acceptors (Lipinski definition) is 5. The number of phenols is 1. The average molecular weight is 372 g/mol. The Morgan fingerprint density at radius 3 is 2.67 bits per heavy atom. The molecule has 0 aliphatic carbocycles. The highest BCUT2D eigenvalue weighted by Gasteiger charge is 2.22. The maximum atomic E-state index is 14.6. The van der Waals surface area contributed by atoms with E-state index < -0.39 is 5.60 Å². The normalized spacial score (nSPS) is 14.7. The molecule has 3 rings (SSSR count). The molecule has 0 radical (unpaired) electrons. The molecule has 0 bridgehead atoms. The number of esters is 1. The van der Waals surface area contributed by atoms with Gasteiger partial charge in [0.15, 0.2) is 0 Å². The minimum absolute atomic E-state index is 0.137. The summed E-state index contributed by atoms with van der Waals surface area (Å²) in [6.45, 7) is 7.46. The summed E-state index contributed by atoms with van der Waals surface area (Å²) in [4.78, 5) is 18.5. The van der Waals surface area contributed by atoms with Crippen LogP contribution in [0.25, 0.3) is 11.3 Å². The average Bonchev–Trinajstić information content (AvgIpc) is 2.58. The predicted molar refractivity (Wildman–Crippen MR) is 101 cm³/mol. The van der Waals surface area contributed by atoms with Gasteiger partial charge in [0, 0.05) is 37.3 Å². The van der Waals surface area contributed by atoms with Crippen LogP contribution in [0.5, 0.6) is 5.75 Å². The van der Waals surface area contributed by atoms with Crippen molar-refractivity contribution in [1.29, 1.82) is 0 Å². The number of ether oxygens (including phenoxy) is 1. The minimum Gasteiger partial charge on any atom is -0.508 e. The quantitative estimate of drug-likeness (QED) is 0.830. The van der Waals surface area contributed by atoms with E-state index in [9.17, 15) is 14.3 Å². The Kier molecular flexibility index (Phi) is 5.46. The first kappa shape index (κ1) is 19.3. The van der Waals surface area contributed by atoms with E-state index in [4.69, 9.17) is 4.74 Å². The standard InChI is InChI=1S/C21H25FN2O3/c1-21(2,3)27-19(26)9-11-24-10-8-18-15(13-24)12-17(22)20(23-18)14-4-6-16(25)7-5-14/h4-7,12,25H,8-11,13H2,1-3H3. The van der Waals surface area contributed by atoms with Crippen LogP contribution in [0.15, 0.2) is 30.3 Å². The van der Waals surface area contributed by atoms with E-state index in [1.165, 1.54) is 18.2 Å². The third kappa shape index (κ3) is 5.04.